The minimum absolute atomic E-state index is 0.310. The van der Waals surface area contributed by atoms with Crippen molar-refractivity contribution in [3.8, 4) is 5.75 Å². The van der Waals surface area contributed by atoms with Crippen molar-refractivity contribution >= 4 is 11.0 Å². The van der Waals surface area contributed by atoms with E-state index in [9.17, 15) is 13.2 Å². The molecule has 1 N–H and O–H groups in total. The molecule has 142 valence electrons. The average molecular weight is 375 g/mol. The van der Waals surface area contributed by atoms with Crippen molar-refractivity contribution in [2.24, 2.45) is 0 Å². The maximum Gasteiger partial charge on any atom is 0.416 e. The van der Waals surface area contributed by atoms with Gasteiger partial charge in [0, 0.05) is 19.2 Å². The molecule has 7 heteroatoms. The second-order valence-corrected chi connectivity index (χ2v) is 6.08. The van der Waals surface area contributed by atoms with Gasteiger partial charge in [0.2, 0.25) is 0 Å². The number of rotatable bonds is 7. The number of nitrogens with one attached hydrogen (secondary N) is 1. The fourth-order valence-corrected chi connectivity index (χ4v) is 2.93. The number of ether oxygens (including phenoxy) is 1. The first-order chi connectivity index (χ1) is 12.9. The molecule has 0 spiro atoms. The number of hydrogen-bond acceptors (Lipinski definition) is 3. The summed E-state index contributed by atoms with van der Waals surface area (Å²) in [6, 6.07) is 11.0. The van der Waals surface area contributed by atoms with Crippen LogP contribution in [0.2, 0.25) is 0 Å². The first-order valence-electron chi connectivity index (χ1n) is 8.43. The van der Waals surface area contributed by atoms with Crippen LogP contribution < -0.4 is 10.1 Å². The zero-order chi connectivity index (χ0) is 19.4. The van der Waals surface area contributed by atoms with E-state index in [1.807, 2.05) is 22.8 Å². The minimum atomic E-state index is -4.34. The summed E-state index contributed by atoms with van der Waals surface area (Å²) in [4.78, 5) is 4.62. The summed E-state index contributed by atoms with van der Waals surface area (Å²) in [5.74, 6) is 1.50. The molecule has 0 amide bonds. The van der Waals surface area contributed by atoms with E-state index in [0.29, 0.717) is 30.9 Å². The highest BCUT2D eigenvalue weighted by atomic mass is 19.4. The van der Waals surface area contributed by atoms with Gasteiger partial charge in [-0.15, -0.1) is 6.58 Å². The summed E-state index contributed by atoms with van der Waals surface area (Å²) in [5.41, 5.74) is 1.67. The number of alkyl halides is 3. The Morgan fingerprint density at radius 1 is 1.19 bits per heavy atom. The number of halogens is 3. The smallest absolute Gasteiger partial charge is 0.416 e. The van der Waals surface area contributed by atoms with Crippen molar-refractivity contribution in [2.75, 3.05) is 7.11 Å². The number of benzene rings is 2. The van der Waals surface area contributed by atoms with Gasteiger partial charge < -0.3 is 14.6 Å². The number of hydrogen-bond donors (Lipinski definition) is 1. The van der Waals surface area contributed by atoms with Crippen LogP contribution in [0.15, 0.2) is 55.1 Å². The van der Waals surface area contributed by atoms with Crippen LogP contribution in [0.25, 0.3) is 11.0 Å². The number of fused-ring (bicyclic) bond motifs is 1. The lowest BCUT2D eigenvalue weighted by molar-refractivity contribution is -0.137. The Morgan fingerprint density at radius 2 is 2.00 bits per heavy atom. The molecule has 0 bridgehead atoms. The summed E-state index contributed by atoms with van der Waals surface area (Å²) in [6.45, 7) is 5.09. The molecule has 0 aliphatic rings. The number of imidazole rings is 1. The third-order valence-corrected chi connectivity index (χ3v) is 4.21. The molecule has 0 fully saturated rings. The highest BCUT2D eigenvalue weighted by Gasteiger charge is 2.30. The minimum Gasteiger partial charge on any atom is -0.497 e. The Morgan fingerprint density at radius 3 is 2.70 bits per heavy atom. The molecule has 0 unspecified atom stereocenters. The molecule has 3 rings (SSSR count). The van der Waals surface area contributed by atoms with E-state index in [4.69, 9.17) is 4.74 Å². The number of nitrogens with zero attached hydrogens (tertiary/aromatic N) is 2. The summed E-state index contributed by atoms with van der Waals surface area (Å²) >= 11 is 0. The normalized spacial score (nSPS) is 11.7. The molecule has 1 heterocycles. The van der Waals surface area contributed by atoms with E-state index in [-0.39, 0.29) is 0 Å². The molecule has 0 aliphatic carbocycles. The van der Waals surface area contributed by atoms with Crippen LogP contribution in [-0.4, -0.2) is 16.7 Å². The van der Waals surface area contributed by atoms with Gasteiger partial charge in [0.05, 0.1) is 30.3 Å². The molecule has 0 atom stereocenters. The van der Waals surface area contributed by atoms with Crippen LogP contribution in [0.4, 0.5) is 13.2 Å². The fourth-order valence-electron chi connectivity index (χ4n) is 2.93. The Kier molecular flexibility index (Phi) is 5.51. The number of aromatic nitrogens is 2. The third kappa shape index (κ3) is 4.31. The summed E-state index contributed by atoms with van der Waals surface area (Å²) in [7, 11) is 1.60. The van der Waals surface area contributed by atoms with Gasteiger partial charge in [-0.2, -0.15) is 13.2 Å². The Labute approximate surface area is 155 Å². The van der Waals surface area contributed by atoms with Crippen molar-refractivity contribution in [3.63, 3.8) is 0 Å². The van der Waals surface area contributed by atoms with E-state index in [2.05, 4.69) is 16.9 Å². The van der Waals surface area contributed by atoms with Gasteiger partial charge in [-0.1, -0.05) is 24.3 Å². The Bertz CT molecular complexity index is 947. The zero-order valence-corrected chi connectivity index (χ0v) is 14.9. The van der Waals surface area contributed by atoms with Crippen molar-refractivity contribution < 1.29 is 17.9 Å². The monoisotopic (exact) mass is 375 g/mol. The average Bonchev–Trinajstić information content (AvgIpc) is 2.98. The largest absolute Gasteiger partial charge is 0.497 e. The van der Waals surface area contributed by atoms with E-state index >= 15 is 0 Å². The van der Waals surface area contributed by atoms with E-state index < -0.39 is 11.7 Å². The van der Waals surface area contributed by atoms with Gasteiger partial charge in [0.25, 0.3) is 0 Å². The molecular weight excluding hydrogens is 355 g/mol. The summed E-state index contributed by atoms with van der Waals surface area (Å²) in [6.07, 6.45) is -2.56. The molecule has 0 saturated heterocycles. The third-order valence-electron chi connectivity index (χ3n) is 4.21. The van der Waals surface area contributed by atoms with Crippen LogP contribution in [0.3, 0.4) is 0 Å². The molecule has 2 aromatic carbocycles. The van der Waals surface area contributed by atoms with Crippen LogP contribution in [0.1, 0.15) is 17.0 Å². The van der Waals surface area contributed by atoms with Crippen LogP contribution >= 0.6 is 0 Å². The van der Waals surface area contributed by atoms with Crippen LogP contribution in [-0.2, 0) is 25.8 Å². The predicted molar refractivity (Wildman–Crippen MR) is 98.5 cm³/mol. The number of allylic oxidation sites excluding steroid dienone is 1. The lowest BCUT2D eigenvalue weighted by Gasteiger charge is -2.10. The first-order valence-corrected chi connectivity index (χ1v) is 8.43. The summed E-state index contributed by atoms with van der Waals surface area (Å²) in [5, 5.41) is 3.17. The lowest BCUT2D eigenvalue weighted by Crippen LogP contribution is -2.17. The highest BCUT2D eigenvalue weighted by Crippen LogP contribution is 2.29. The van der Waals surface area contributed by atoms with Gasteiger partial charge in [0.1, 0.15) is 11.6 Å². The van der Waals surface area contributed by atoms with Crippen LogP contribution in [0.5, 0.6) is 5.75 Å². The van der Waals surface area contributed by atoms with Crippen molar-refractivity contribution in [1.82, 2.24) is 14.9 Å². The van der Waals surface area contributed by atoms with Gasteiger partial charge >= 0.3 is 6.18 Å². The summed E-state index contributed by atoms with van der Waals surface area (Å²) < 4.78 is 45.7. The number of methoxy groups -OCH3 is 1. The Hall–Kier alpha value is -2.80. The molecular formula is C20H20F3N3O. The van der Waals surface area contributed by atoms with Gasteiger partial charge in [-0.25, -0.2) is 4.98 Å². The second-order valence-electron chi connectivity index (χ2n) is 6.08. The zero-order valence-electron chi connectivity index (χ0n) is 14.9. The first kappa shape index (κ1) is 19.0. The van der Waals surface area contributed by atoms with Crippen molar-refractivity contribution in [1.29, 1.82) is 0 Å². The van der Waals surface area contributed by atoms with Crippen LogP contribution in [0, 0.1) is 0 Å². The van der Waals surface area contributed by atoms with Gasteiger partial charge in [-0.05, 0) is 23.8 Å². The Balaban J connectivity index is 1.76. The molecule has 4 nitrogen and oxygen atoms in total. The maximum atomic E-state index is 12.8. The molecule has 27 heavy (non-hydrogen) atoms. The molecule has 0 radical (unpaired) electrons. The predicted octanol–water partition coefficient (Wildman–Crippen LogP) is 4.54. The lowest BCUT2D eigenvalue weighted by atomic mass is 10.1. The maximum absolute atomic E-state index is 12.8. The second kappa shape index (κ2) is 7.84. The van der Waals surface area contributed by atoms with Gasteiger partial charge in [0.15, 0.2) is 0 Å². The quantitative estimate of drug-likeness (QED) is 0.616. The molecule has 1 aromatic heterocycles. The topological polar surface area (TPSA) is 39.1 Å². The molecule has 0 aliphatic heterocycles. The van der Waals surface area contributed by atoms with Crippen molar-refractivity contribution in [3.05, 3.63) is 72.1 Å². The van der Waals surface area contributed by atoms with Crippen molar-refractivity contribution in [2.45, 2.75) is 25.8 Å². The molecule has 3 aromatic rings. The van der Waals surface area contributed by atoms with E-state index in [0.717, 1.165) is 29.0 Å². The van der Waals surface area contributed by atoms with Gasteiger partial charge in [-0.3, -0.25) is 0 Å². The molecule has 0 saturated carbocycles. The fraction of sp³-hybridized carbons (Fsp3) is 0.250. The van der Waals surface area contributed by atoms with E-state index in [1.165, 1.54) is 6.07 Å². The van der Waals surface area contributed by atoms with E-state index in [1.54, 1.807) is 19.3 Å². The SMILES string of the molecule is C=CCn1c(CNCc2cccc(C(F)(F)F)c2)nc2cc(OC)ccc21. The standard InChI is InChI=1S/C20H20F3N3O/c1-3-9-26-18-8-7-16(27-2)11-17(18)25-19(26)13-24-12-14-5-4-6-15(10-14)20(21,22)23/h3-8,10-11,24H,1,9,12-13H2,2H3. The highest BCUT2D eigenvalue weighted by molar-refractivity contribution is 5.77.